The van der Waals surface area contributed by atoms with Crippen LogP contribution in [0.25, 0.3) is 22.4 Å². The first-order chi connectivity index (χ1) is 15.6. The molecule has 0 spiro atoms. The number of benzene rings is 2. The van der Waals surface area contributed by atoms with Crippen molar-refractivity contribution in [2.75, 3.05) is 12.8 Å². The minimum absolute atomic E-state index is 0.130. The molecule has 0 radical (unpaired) electrons. The summed E-state index contributed by atoms with van der Waals surface area (Å²) in [5.74, 6) is -0.130. The Morgan fingerprint density at radius 1 is 1.19 bits per heavy atom. The van der Waals surface area contributed by atoms with E-state index in [0.717, 1.165) is 12.0 Å². The third-order valence-electron chi connectivity index (χ3n) is 5.07. The fourth-order valence-electron chi connectivity index (χ4n) is 3.33. The monoisotopic (exact) mass is 468 g/mol. The Balaban J connectivity index is 1.40. The highest BCUT2D eigenvalue weighted by Crippen LogP contribution is 2.30. The van der Waals surface area contributed by atoms with Gasteiger partial charge in [-0.05, 0) is 36.4 Å². The lowest BCUT2D eigenvalue weighted by molar-refractivity contribution is -0.121. The summed E-state index contributed by atoms with van der Waals surface area (Å²) < 4.78 is 6.61. The average Bonchev–Trinajstić information content (AvgIpc) is 3.24. The molecule has 1 amide bonds. The summed E-state index contributed by atoms with van der Waals surface area (Å²) in [6.45, 7) is 0.731. The first kappa shape index (κ1) is 22.1. The van der Waals surface area contributed by atoms with Gasteiger partial charge in [-0.3, -0.25) is 14.2 Å². The van der Waals surface area contributed by atoms with E-state index in [4.69, 9.17) is 16.1 Å². The lowest BCUT2D eigenvalue weighted by Crippen LogP contribution is -2.29. The molecular formula is C23H21ClN4O3S. The maximum atomic E-state index is 13.0. The van der Waals surface area contributed by atoms with Crippen molar-refractivity contribution in [1.29, 1.82) is 0 Å². The molecule has 0 saturated heterocycles. The van der Waals surface area contributed by atoms with E-state index in [-0.39, 0.29) is 35.5 Å². The number of carbonyl (C=O) groups is 1. The minimum atomic E-state index is -0.326. The van der Waals surface area contributed by atoms with Crippen LogP contribution in [0.15, 0.2) is 69.1 Å². The van der Waals surface area contributed by atoms with Crippen LogP contribution < -0.4 is 10.9 Å². The van der Waals surface area contributed by atoms with Crippen molar-refractivity contribution in [3.8, 4) is 11.3 Å². The Morgan fingerprint density at radius 3 is 2.72 bits per heavy atom. The van der Waals surface area contributed by atoms with Crippen LogP contribution in [0.1, 0.15) is 12.0 Å². The Morgan fingerprint density at radius 2 is 1.97 bits per heavy atom. The van der Waals surface area contributed by atoms with Gasteiger partial charge in [-0.2, -0.15) is 0 Å². The van der Waals surface area contributed by atoms with E-state index in [2.05, 4.69) is 39.7 Å². The smallest absolute Gasteiger partial charge is 0.266 e. The van der Waals surface area contributed by atoms with Crippen LogP contribution in [0.2, 0.25) is 5.02 Å². The van der Waals surface area contributed by atoms with Gasteiger partial charge in [-0.25, -0.2) is 4.98 Å². The molecular weight excluding hydrogens is 448 g/mol. The predicted octanol–water partition coefficient (Wildman–Crippen LogP) is 4.18. The number of halogens is 1. The van der Waals surface area contributed by atoms with E-state index in [0.29, 0.717) is 22.8 Å². The maximum absolute atomic E-state index is 13.0. The second-order valence-corrected chi connectivity index (χ2v) is 8.42. The summed E-state index contributed by atoms with van der Waals surface area (Å²) in [5.41, 5.74) is 1.90. The van der Waals surface area contributed by atoms with Crippen LogP contribution in [-0.2, 0) is 17.8 Å². The fourth-order valence-corrected chi connectivity index (χ4v) is 3.96. The number of fused-ring (bicyclic) bond motifs is 1. The molecule has 0 aliphatic heterocycles. The number of nitrogens with one attached hydrogen (secondary N) is 1. The molecule has 4 aromatic rings. The van der Waals surface area contributed by atoms with Gasteiger partial charge in [-0.15, -0.1) is 11.8 Å². The molecule has 2 aromatic heterocycles. The Kier molecular flexibility index (Phi) is 6.92. The first-order valence-corrected chi connectivity index (χ1v) is 11.7. The zero-order chi connectivity index (χ0) is 22.5. The molecule has 9 heteroatoms. The molecule has 164 valence electrons. The molecule has 2 heterocycles. The molecule has 0 aliphatic carbocycles. The number of carbonyl (C=O) groups excluding carboxylic acids is 1. The van der Waals surface area contributed by atoms with E-state index >= 15 is 0 Å². The second kappa shape index (κ2) is 10.0. The fraction of sp³-hybridized carbons (Fsp3) is 0.217. The third-order valence-corrected chi connectivity index (χ3v) is 6.14. The molecule has 32 heavy (non-hydrogen) atoms. The van der Waals surface area contributed by atoms with E-state index in [9.17, 15) is 9.59 Å². The average molecular weight is 469 g/mol. The van der Waals surface area contributed by atoms with E-state index in [1.807, 2.05) is 6.26 Å². The summed E-state index contributed by atoms with van der Waals surface area (Å²) in [4.78, 5) is 30.6. The summed E-state index contributed by atoms with van der Waals surface area (Å²) in [7, 11) is 0. The number of aryl methyl sites for hydroxylation is 1. The summed E-state index contributed by atoms with van der Waals surface area (Å²) in [5, 5.41) is 7.59. The molecule has 7 nitrogen and oxygen atoms in total. The van der Waals surface area contributed by atoms with E-state index in [1.54, 1.807) is 36.0 Å². The van der Waals surface area contributed by atoms with Crippen LogP contribution in [0, 0.1) is 0 Å². The summed E-state index contributed by atoms with van der Waals surface area (Å²) in [6, 6.07) is 15.3. The molecule has 0 aliphatic rings. The quantitative estimate of drug-likeness (QED) is 0.390. The Bertz CT molecular complexity index is 1300. The molecule has 0 saturated carbocycles. The van der Waals surface area contributed by atoms with Gasteiger partial charge < -0.3 is 9.84 Å². The normalized spacial score (nSPS) is 11.1. The van der Waals surface area contributed by atoms with Gasteiger partial charge in [0.1, 0.15) is 17.4 Å². The molecule has 1 N–H and O–H groups in total. The van der Waals surface area contributed by atoms with Gasteiger partial charge in [0.05, 0.1) is 5.02 Å². The van der Waals surface area contributed by atoms with Gasteiger partial charge in [0.15, 0.2) is 0 Å². The lowest BCUT2D eigenvalue weighted by Gasteiger charge is -2.07. The lowest BCUT2D eigenvalue weighted by atomic mass is 10.1. The number of hydrogen-bond donors (Lipinski definition) is 1. The zero-order valence-corrected chi connectivity index (χ0v) is 18.9. The number of thioether (sulfide) groups is 1. The van der Waals surface area contributed by atoms with Gasteiger partial charge in [0.2, 0.25) is 5.91 Å². The van der Waals surface area contributed by atoms with Crippen molar-refractivity contribution in [3.05, 3.63) is 75.8 Å². The van der Waals surface area contributed by atoms with Crippen molar-refractivity contribution < 1.29 is 9.32 Å². The van der Waals surface area contributed by atoms with Crippen LogP contribution in [0.5, 0.6) is 0 Å². The highest BCUT2D eigenvalue weighted by Gasteiger charge is 2.18. The largest absolute Gasteiger partial charge is 0.356 e. The SMILES string of the molecule is CSc1ccc(CCNC(=O)CCn2cnc3onc(-c4ccccc4Cl)c3c2=O)cc1. The van der Waals surface area contributed by atoms with Crippen LogP contribution in [-0.4, -0.2) is 33.4 Å². The summed E-state index contributed by atoms with van der Waals surface area (Å²) >= 11 is 7.95. The molecule has 0 atom stereocenters. The number of rotatable bonds is 8. The highest BCUT2D eigenvalue weighted by atomic mass is 35.5. The molecule has 0 unspecified atom stereocenters. The van der Waals surface area contributed by atoms with Crippen LogP contribution in [0.4, 0.5) is 0 Å². The molecule has 0 fully saturated rings. The maximum Gasteiger partial charge on any atom is 0.266 e. The second-order valence-electron chi connectivity index (χ2n) is 7.13. The van der Waals surface area contributed by atoms with Crippen molar-refractivity contribution in [2.45, 2.75) is 24.3 Å². The van der Waals surface area contributed by atoms with Gasteiger partial charge in [-0.1, -0.05) is 47.1 Å². The van der Waals surface area contributed by atoms with Crippen molar-refractivity contribution in [1.82, 2.24) is 20.0 Å². The standard InChI is InChI=1S/C23H21ClN4O3S/c1-32-16-8-6-15(7-9-16)10-12-25-19(29)11-13-28-14-26-22-20(23(28)30)21(27-31-22)17-4-2-3-5-18(17)24/h2-9,14H,10-13H2,1H3,(H,25,29). The minimum Gasteiger partial charge on any atom is -0.356 e. The highest BCUT2D eigenvalue weighted by molar-refractivity contribution is 7.98. The topological polar surface area (TPSA) is 90.0 Å². The van der Waals surface area contributed by atoms with Crippen LogP contribution in [0.3, 0.4) is 0 Å². The van der Waals surface area contributed by atoms with E-state index < -0.39 is 0 Å². The Labute approximate surface area is 193 Å². The van der Waals surface area contributed by atoms with Crippen LogP contribution >= 0.6 is 23.4 Å². The Hall–Kier alpha value is -3.10. The third kappa shape index (κ3) is 4.87. The number of hydrogen-bond acceptors (Lipinski definition) is 6. The summed E-state index contributed by atoms with van der Waals surface area (Å²) in [6.07, 6.45) is 4.31. The number of nitrogens with zero attached hydrogens (tertiary/aromatic N) is 3. The molecule has 2 aromatic carbocycles. The van der Waals surface area contributed by atoms with Gasteiger partial charge >= 0.3 is 0 Å². The van der Waals surface area contributed by atoms with Crippen molar-refractivity contribution in [2.24, 2.45) is 0 Å². The zero-order valence-electron chi connectivity index (χ0n) is 17.4. The number of amides is 1. The van der Waals surface area contributed by atoms with Gasteiger partial charge in [0.25, 0.3) is 11.3 Å². The van der Waals surface area contributed by atoms with Crippen molar-refractivity contribution >= 4 is 40.4 Å². The van der Waals surface area contributed by atoms with Crippen molar-refractivity contribution in [3.63, 3.8) is 0 Å². The van der Waals surface area contributed by atoms with E-state index in [1.165, 1.54) is 15.8 Å². The molecule has 0 bridgehead atoms. The predicted molar refractivity (Wildman–Crippen MR) is 126 cm³/mol. The molecule has 4 rings (SSSR count). The van der Waals surface area contributed by atoms with Gasteiger partial charge in [0, 0.05) is 30.0 Å². The number of aromatic nitrogens is 3. The first-order valence-electron chi connectivity index (χ1n) is 10.1.